The Morgan fingerprint density at radius 1 is 1.58 bits per heavy atom. The molecule has 1 atom stereocenters. The summed E-state index contributed by atoms with van der Waals surface area (Å²) in [7, 11) is 0. The summed E-state index contributed by atoms with van der Waals surface area (Å²) in [6.45, 7) is 2.65. The van der Waals surface area contributed by atoms with Gasteiger partial charge in [0.15, 0.2) is 0 Å². The molecule has 104 valence electrons. The number of anilines is 1. The maximum Gasteiger partial charge on any atom is 0.292 e. The maximum absolute atomic E-state index is 11.1. The van der Waals surface area contributed by atoms with E-state index in [2.05, 4.69) is 5.32 Å². The molecule has 0 bridgehead atoms. The van der Waals surface area contributed by atoms with Gasteiger partial charge in [-0.15, -0.1) is 0 Å². The summed E-state index contributed by atoms with van der Waals surface area (Å²) < 4.78 is 0. The van der Waals surface area contributed by atoms with E-state index in [4.69, 9.17) is 5.73 Å². The van der Waals surface area contributed by atoms with Gasteiger partial charge in [0.1, 0.15) is 5.69 Å². The van der Waals surface area contributed by atoms with Gasteiger partial charge >= 0.3 is 0 Å². The van der Waals surface area contributed by atoms with Crippen molar-refractivity contribution in [2.24, 2.45) is 11.7 Å². The Bertz CT molecular complexity index is 479. The predicted molar refractivity (Wildman–Crippen MR) is 77.7 cm³/mol. The van der Waals surface area contributed by atoms with Crippen molar-refractivity contribution in [3.63, 3.8) is 0 Å². The van der Waals surface area contributed by atoms with E-state index in [1.165, 1.54) is 18.2 Å². The Hall–Kier alpha value is -1.76. The Morgan fingerprint density at radius 3 is 2.79 bits per heavy atom. The number of nitro benzene ring substituents is 1. The summed E-state index contributed by atoms with van der Waals surface area (Å²) >= 11 is 1.72. The van der Waals surface area contributed by atoms with Crippen molar-refractivity contribution in [2.75, 3.05) is 23.9 Å². The molecule has 0 fully saturated rings. The van der Waals surface area contributed by atoms with Gasteiger partial charge in [-0.05, 0) is 30.1 Å². The van der Waals surface area contributed by atoms with Gasteiger partial charge in [0.2, 0.25) is 5.91 Å². The lowest BCUT2D eigenvalue weighted by molar-refractivity contribution is -0.384. The number of thioether (sulfide) groups is 1. The highest BCUT2D eigenvalue weighted by molar-refractivity contribution is 7.98. The number of rotatable bonds is 7. The number of nitrogens with zero attached hydrogens (tertiary/aromatic N) is 1. The first-order valence-corrected chi connectivity index (χ1v) is 7.16. The first-order chi connectivity index (χ1) is 8.95. The van der Waals surface area contributed by atoms with Gasteiger partial charge in [0.05, 0.1) is 4.92 Å². The molecule has 0 aliphatic rings. The maximum atomic E-state index is 11.1. The molecule has 0 saturated carbocycles. The van der Waals surface area contributed by atoms with E-state index in [9.17, 15) is 14.9 Å². The fourth-order valence-electron chi connectivity index (χ4n) is 1.62. The largest absolute Gasteiger partial charge is 0.379 e. The minimum Gasteiger partial charge on any atom is -0.379 e. The van der Waals surface area contributed by atoms with Gasteiger partial charge in [-0.1, -0.05) is 6.92 Å². The van der Waals surface area contributed by atoms with Crippen LogP contribution in [0.3, 0.4) is 0 Å². The fraction of sp³-hybridized carbons (Fsp3) is 0.417. The highest BCUT2D eigenvalue weighted by atomic mass is 32.2. The van der Waals surface area contributed by atoms with Gasteiger partial charge in [0, 0.05) is 18.2 Å². The summed E-state index contributed by atoms with van der Waals surface area (Å²) in [5, 5.41) is 13.9. The lowest BCUT2D eigenvalue weighted by atomic mass is 10.1. The third kappa shape index (κ3) is 4.44. The third-order valence-corrected chi connectivity index (χ3v) is 3.47. The van der Waals surface area contributed by atoms with Crippen LogP contribution >= 0.6 is 11.8 Å². The predicted octanol–water partition coefficient (Wildman–Crippen LogP) is 2.10. The van der Waals surface area contributed by atoms with E-state index in [-0.39, 0.29) is 11.3 Å². The van der Waals surface area contributed by atoms with E-state index in [1.807, 2.05) is 13.2 Å². The zero-order valence-corrected chi connectivity index (χ0v) is 11.7. The number of primary amides is 1. The molecule has 1 unspecified atom stereocenters. The van der Waals surface area contributed by atoms with Crippen molar-refractivity contribution in [1.82, 2.24) is 0 Å². The molecule has 0 saturated heterocycles. The number of hydrogen-bond donors (Lipinski definition) is 2. The first-order valence-electron chi connectivity index (χ1n) is 5.76. The molecule has 0 aliphatic heterocycles. The summed E-state index contributed by atoms with van der Waals surface area (Å²) in [5.41, 5.74) is 5.70. The van der Waals surface area contributed by atoms with Gasteiger partial charge in [-0.25, -0.2) is 0 Å². The SMILES string of the molecule is CSCC(C)CNc1cc(C(N)=O)ccc1[N+](=O)[O-]. The van der Waals surface area contributed by atoms with Gasteiger partial charge in [-0.2, -0.15) is 11.8 Å². The van der Waals surface area contributed by atoms with Crippen molar-refractivity contribution in [3.8, 4) is 0 Å². The normalized spacial score (nSPS) is 11.9. The molecule has 0 aliphatic carbocycles. The molecule has 1 amide bonds. The number of benzene rings is 1. The van der Waals surface area contributed by atoms with Crippen molar-refractivity contribution >= 4 is 29.0 Å². The molecule has 19 heavy (non-hydrogen) atoms. The summed E-state index contributed by atoms with van der Waals surface area (Å²) in [5.74, 6) is 0.720. The van der Waals surface area contributed by atoms with Crippen molar-refractivity contribution in [2.45, 2.75) is 6.92 Å². The van der Waals surface area contributed by atoms with E-state index in [0.29, 0.717) is 18.2 Å². The van der Waals surface area contributed by atoms with Gasteiger partial charge in [0.25, 0.3) is 5.69 Å². The average molecular weight is 283 g/mol. The van der Waals surface area contributed by atoms with Crippen molar-refractivity contribution in [3.05, 3.63) is 33.9 Å². The summed E-state index contributed by atoms with van der Waals surface area (Å²) in [6, 6.07) is 4.07. The number of nitrogens with two attached hydrogens (primary N) is 1. The second-order valence-electron chi connectivity index (χ2n) is 4.29. The lowest BCUT2D eigenvalue weighted by Crippen LogP contribution is -2.16. The van der Waals surface area contributed by atoms with Crippen LogP contribution in [0.4, 0.5) is 11.4 Å². The van der Waals surface area contributed by atoms with Crippen LogP contribution in [0.5, 0.6) is 0 Å². The molecule has 0 heterocycles. The molecule has 3 N–H and O–H groups in total. The minimum absolute atomic E-state index is 0.0543. The second-order valence-corrected chi connectivity index (χ2v) is 5.21. The number of carbonyl (C=O) groups excluding carboxylic acids is 1. The highest BCUT2D eigenvalue weighted by Crippen LogP contribution is 2.25. The molecule has 1 rings (SSSR count). The standard InChI is InChI=1S/C12H17N3O3S/c1-8(7-19-2)6-14-10-5-9(12(13)16)3-4-11(10)15(17)18/h3-5,8,14H,6-7H2,1-2H3,(H2,13,16). The number of hydrogen-bond acceptors (Lipinski definition) is 5. The highest BCUT2D eigenvalue weighted by Gasteiger charge is 2.16. The Labute approximate surface area is 115 Å². The smallest absolute Gasteiger partial charge is 0.292 e. The Kier molecular flexibility index (Phi) is 5.62. The van der Waals surface area contributed by atoms with Crippen LogP contribution in [0.15, 0.2) is 18.2 Å². The molecule has 0 radical (unpaired) electrons. The fourth-order valence-corrected chi connectivity index (χ4v) is 2.30. The summed E-state index contributed by atoms with van der Waals surface area (Å²) in [4.78, 5) is 21.5. The quantitative estimate of drug-likeness (QED) is 0.590. The molecule has 6 nitrogen and oxygen atoms in total. The lowest BCUT2D eigenvalue weighted by Gasteiger charge is -2.13. The van der Waals surface area contributed by atoms with Crippen LogP contribution in [-0.4, -0.2) is 29.4 Å². The number of amides is 1. The van der Waals surface area contributed by atoms with Crippen LogP contribution in [0.25, 0.3) is 0 Å². The molecule has 0 spiro atoms. The molecular weight excluding hydrogens is 266 g/mol. The first kappa shape index (κ1) is 15.3. The van der Waals surface area contributed by atoms with Gasteiger partial charge in [-0.3, -0.25) is 14.9 Å². The molecule has 0 aromatic heterocycles. The zero-order valence-electron chi connectivity index (χ0n) is 10.9. The second kappa shape index (κ2) is 6.98. The number of nitro groups is 1. The third-order valence-electron chi connectivity index (χ3n) is 2.57. The van der Waals surface area contributed by atoms with Gasteiger partial charge < -0.3 is 11.1 Å². The number of nitrogens with one attached hydrogen (secondary N) is 1. The van der Waals surface area contributed by atoms with Crippen molar-refractivity contribution < 1.29 is 9.72 Å². The van der Waals surface area contributed by atoms with E-state index in [0.717, 1.165) is 5.75 Å². The van der Waals surface area contributed by atoms with E-state index < -0.39 is 10.8 Å². The van der Waals surface area contributed by atoms with Crippen LogP contribution in [0.1, 0.15) is 17.3 Å². The zero-order chi connectivity index (χ0) is 14.4. The minimum atomic E-state index is -0.602. The Balaban J connectivity index is 2.91. The van der Waals surface area contributed by atoms with Crippen LogP contribution in [0, 0.1) is 16.0 Å². The Morgan fingerprint density at radius 2 is 2.26 bits per heavy atom. The molecule has 7 heteroatoms. The van der Waals surface area contributed by atoms with Crippen LogP contribution < -0.4 is 11.1 Å². The molecule has 1 aromatic rings. The van der Waals surface area contributed by atoms with Crippen LogP contribution in [0.2, 0.25) is 0 Å². The average Bonchev–Trinajstić information content (AvgIpc) is 2.36. The van der Waals surface area contributed by atoms with E-state index >= 15 is 0 Å². The van der Waals surface area contributed by atoms with Crippen molar-refractivity contribution in [1.29, 1.82) is 0 Å². The summed E-state index contributed by atoms with van der Waals surface area (Å²) in [6.07, 6.45) is 2.01. The van der Waals surface area contributed by atoms with E-state index in [1.54, 1.807) is 11.8 Å². The van der Waals surface area contributed by atoms with Crippen LogP contribution in [-0.2, 0) is 0 Å². The molecular formula is C12H17N3O3S. The molecule has 1 aromatic carbocycles. The monoisotopic (exact) mass is 283 g/mol. The topological polar surface area (TPSA) is 98.3 Å². The number of carbonyl (C=O) groups is 1.